The van der Waals surface area contributed by atoms with Crippen molar-refractivity contribution in [1.82, 2.24) is 9.80 Å². The number of amides is 1. The van der Waals surface area contributed by atoms with Gasteiger partial charge in [0.15, 0.2) is 0 Å². The van der Waals surface area contributed by atoms with Crippen LogP contribution in [0.25, 0.3) is 0 Å². The van der Waals surface area contributed by atoms with E-state index >= 15 is 0 Å². The summed E-state index contributed by atoms with van der Waals surface area (Å²) in [6, 6.07) is 7.00. The molecule has 0 saturated carbocycles. The Morgan fingerprint density at radius 1 is 1.16 bits per heavy atom. The Labute approximate surface area is 155 Å². The number of carbonyl (C=O) groups is 2. The molecular formula is C19H29ClN2O3. The van der Waals surface area contributed by atoms with E-state index in [0.717, 1.165) is 26.1 Å². The Balaban J connectivity index is 2.85. The topological polar surface area (TPSA) is 49.9 Å². The molecule has 0 radical (unpaired) electrons. The van der Waals surface area contributed by atoms with Gasteiger partial charge >= 0.3 is 5.97 Å². The summed E-state index contributed by atoms with van der Waals surface area (Å²) in [6.45, 7) is 9.76. The van der Waals surface area contributed by atoms with Crippen LogP contribution in [0.15, 0.2) is 24.3 Å². The van der Waals surface area contributed by atoms with E-state index in [2.05, 4.69) is 18.7 Å². The van der Waals surface area contributed by atoms with Crippen molar-refractivity contribution < 1.29 is 14.3 Å². The number of methoxy groups -OCH3 is 1. The quantitative estimate of drug-likeness (QED) is 0.594. The first-order chi connectivity index (χ1) is 11.9. The molecule has 1 rings (SSSR count). The first-order valence-electron chi connectivity index (χ1n) is 8.78. The highest BCUT2D eigenvalue weighted by Gasteiger charge is 2.23. The summed E-state index contributed by atoms with van der Waals surface area (Å²) in [7, 11) is 1.36. The number of esters is 1. The molecule has 1 atom stereocenters. The van der Waals surface area contributed by atoms with Crippen LogP contribution in [0.4, 0.5) is 0 Å². The first-order valence-corrected chi connectivity index (χ1v) is 9.16. The lowest BCUT2D eigenvalue weighted by molar-refractivity contribution is -0.145. The minimum absolute atomic E-state index is 0.152. The number of carbonyl (C=O) groups excluding carboxylic acids is 2. The molecule has 0 heterocycles. The van der Waals surface area contributed by atoms with Crippen molar-refractivity contribution >= 4 is 23.5 Å². The molecule has 1 aromatic carbocycles. The predicted molar refractivity (Wildman–Crippen MR) is 101 cm³/mol. The fourth-order valence-electron chi connectivity index (χ4n) is 2.71. The van der Waals surface area contributed by atoms with E-state index in [1.165, 1.54) is 7.11 Å². The van der Waals surface area contributed by atoms with Crippen LogP contribution in [0.5, 0.6) is 0 Å². The fourth-order valence-corrected chi connectivity index (χ4v) is 2.93. The second-order valence-corrected chi connectivity index (χ2v) is 6.44. The second kappa shape index (κ2) is 11.1. The van der Waals surface area contributed by atoms with E-state index in [-0.39, 0.29) is 17.8 Å². The summed E-state index contributed by atoms with van der Waals surface area (Å²) in [5, 5.41) is 0.423. The van der Waals surface area contributed by atoms with Crippen molar-refractivity contribution in [1.29, 1.82) is 0 Å². The SMILES string of the molecule is CCN(CC)CCCN(CC(C)C(=O)OC)C(=O)c1ccccc1Cl. The third-order valence-corrected chi connectivity index (χ3v) is 4.62. The summed E-state index contributed by atoms with van der Waals surface area (Å²) in [6.07, 6.45) is 0.839. The van der Waals surface area contributed by atoms with Gasteiger partial charge in [0, 0.05) is 13.1 Å². The zero-order valence-electron chi connectivity index (χ0n) is 15.6. The van der Waals surface area contributed by atoms with Crippen LogP contribution in [0.2, 0.25) is 5.02 Å². The number of hydrogen-bond acceptors (Lipinski definition) is 4. The second-order valence-electron chi connectivity index (χ2n) is 6.04. The zero-order valence-corrected chi connectivity index (χ0v) is 16.4. The van der Waals surface area contributed by atoms with E-state index < -0.39 is 0 Å². The van der Waals surface area contributed by atoms with E-state index in [1.54, 1.807) is 36.1 Å². The Morgan fingerprint density at radius 3 is 2.36 bits per heavy atom. The molecule has 0 aliphatic carbocycles. The molecule has 1 unspecified atom stereocenters. The molecule has 0 spiro atoms. The van der Waals surface area contributed by atoms with Gasteiger partial charge in [-0.3, -0.25) is 9.59 Å². The lowest BCUT2D eigenvalue weighted by Crippen LogP contribution is -2.39. The smallest absolute Gasteiger partial charge is 0.310 e. The monoisotopic (exact) mass is 368 g/mol. The summed E-state index contributed by atoms with van der Waals surface area (Å²) in [5.74, 6) is -0.855. The van der Waals surface area contributed by atoms with Crippen LogP contribution in [-0.4, -0.2) is 61.5 Å². The van der Waals surface area contributed by atoms with Crippen molar-refractivity contribution in [2.75, 3.05) is 39.8 Å². The highest BCUT2D eigenvalue weighted by Crippen LogP contribution is 2.18. The molecule has 5 nitrogen and oxygen atoms in total. The van der Waals surface area contributed by atoms with Crippen molar-refractivity contribution in [3.63, 3.8) is 0 Å². The lowest BCUT2D eigenvalue weighted by Gasteiger charge is -2.27. The predicted octanol–water partition coefficient (Wildman–Crippen LogP) is 3.32. The Bertz CT molecular complexity index is 561. The van der Waals surface area contributed by atoms with E-state index in [9.17, 15) is 9.59 Å². The molecule has 0 saturated heterocycles. The van der Waals surface area contributed by atoms with Gasteiger partial charge in [-0.2, -0.15) is 0 Å². The third kappa shape index (κ3) is 6.67. The molecule has 1 amide bonds. The van der Waals surface area contributed by atoms with Crippen LogP contribution in [0, 0.1) is 5.92 Å². The van der Waals surface area contributed by atoms with Gasteiger partial charge in [-0.05, 0) is 38.2 Å². The van der Waals surface area contributed by atoms with Gasteiger partial charge in [-0.25, -0.2) is 0 Å². The fraction of sp³-hybridized carbons (Fsp3) is 0.579. The van der Waals surface area contributed by atoms with E-state index in [4.69, 9.17) is 16.3 Å². The first kappa shape index (κ1) is 21.5. The Kier molecular flexibility index (Phi) is 9.53. The lowest BCUT2D eigenvalue weighted by atomic mass is 10.1. The molecule has 0 bridgehead atoms. The summed E-state index contributed by atoms with van der Waals surface area (Å²) in [4.78, 5) is 28.7. The molecule has 6 heteroatoms. The molecule has 0 aliphatic rings. The van der Waals surface area contributed by atoms with Crippen molar-refractivity contribution in [2.24, 2.45) is 5.92 Å². The third-order valence-electron chi connectivity index (χ3n) is 4.29. The minimum Gasteiger partial charge on any atom is -0.469 e. The Morgan fingerprint density at radius 2 is 1.80 bits per heavy atom. The molecule has 140 valence electrons. The molecule has 0 aliphatic heterocycles. The molecular weight excluding hydrogens is 340 g/mol. The summed E-state index contributed by atoms with van der Waals surface area (Å²) in [5.41, 5.74) is 0.462. The number of rotatable bonds is 10. The minimum atomic E-state index is -0.384. The van der Waals surface area contributed by atoms with Crippen LogP contribution in [0.1, 0.15) is 37.6 Å². The van der Waals surface area contributed by atoms with Crippen LogP contribution in [0.3, 0.4) is 0 Å². The molecule has 0 aromatic heterocycles. The normalized spacial score (nSPS) is 12.1. The van der Waals surface area contributed by atoms with Gasteiger partial charge in [0.2, 0.25) is 0 Å². The number of ether oxygens (including phenoxy) is 1. The van der Waals surface area contributed by atoms with Gasteiger partial charge in [0.25, 0.3) is 5.91 Å². The number of hydrogen-bond donors (Lipinski definition) is 0. The highest BCUT2D eigenvalue weighted by atomic mass is 35.5. The number of halogens is 1. The van der Waals surface area contributed by atoms with Gasteiger partial charge in [-0.1, -0.05) is 44.5 Å². The summed E-state index contributed by atoms with van der Waals surface area (Å²) < 4.78 is 4.79. The Hall–Kier alpha value is -1.59. The largest absolute Gasteiger partial charge is 0.469 e. The van der Waals surface area contributed by atoms with Crippen molar-refractivity contribution in [3.8, 4) is 0 Å². The summed E-state index contributed by atoms with van der Waals surface area (Å²) >= 11 is 6.17. The molecule has 25 heavy (non-hydrogen) atoms. The van der Waals surface area contributed by atoms with Crippen LogP contribution < -0.4 is 0 Å². The highest BCUT2D eigenvalue weighted by molar-refractivity contribution is 6.33. The average Bonchev–Trinajstić information content (AvgIpc) is 2.63. The average molecular weight is 369 g/mol. The van der Waals surface area contributed by atoms with Crippen LogP contribution >= 0.6 is 11.6 Å². The van der Waals surface area contributed by atoms with Crippen molar-refractivity contribution in [3.05, 3.63) is 34.9 Å². The molecule has 0 fully saturated rings. The standard InChI is InChI=1S/C19H29ClN2O3/c1-5-21(6-2)12-9-13-22(14-15(3)19(24)25-4)18(23)16-10-7-8-11-17(16)20/h7-8,10-11,15H,5-6,9,12-14H2,1-4H3. The zero-order chi connectivity index (χ0) is 18.8. The van der Waals surface area contributed by atoms with Crippen molar-refractivity contribution in [2.45, 2.75) is 27.2 Å². The van der Waals surface area contributed by atoms with Gasteiger partial charge in [-0.15, -0.1) is 0 Å². The molecule has 1 aromatic rings. The number of benzene rings is 1. The number of nitrogens with zero attached hydrogens (tertiary/aromatic N) is 2. The maximum Gasteiger partial charge on any atom is 0.310 e. The van der Waals surface area contributed by atoms with Crippen LogP contribution in [-0.2, 0) is 9.53 Å². The van der Waals surface area contributed by atoms with Gasteiger partial charge in [0.05, 0.1) is 23.6 Å². The maximum absolute atomic E-state index is 12.9. The van der Waals surface area contributed by atoms with Gasteiger partial charge in [0.1, 0.15) is 0 Å². The van der Waals surface area contributed by atoms with E-state index in [1.807, 2.05) is 0 Å². The maximum atomic E-state index is 12.9. The van der Waals surface area contributed by atoms with Gasteiger partial charge < -0.3 is 14.5 Å². The van der Waals surface area contributed by atoms with E-state index in [0.29, 0.717) is 23.7 Å². The molecule has 0 N–H and O–H groups in total.